The molecule has 2 rings (SSSR count). The molecule has 0 radical (unpaired) electrons. The number of esters is 1. The smallest absolute Gasteiger partial charge is 0.399 e. The molecule has 94 valence electrons. The molecule has 0 saturated carbocycles. The summed E-state index contributed by atoms with van der Waals surface area (Å²) in [5.41, 5.74) is 0.0948. The standard InChI is InChI=1S/C12H10INO4/c1-2-16-11(15)10-7-17-12(14-10)18-9-5-3-8(13)4-6-9/h3-7H,2H2,1H3. The molecule has 0 saturated heterocycles. The lowest BCUT2D eigenvalue weighted by Crippen LogP contribution is -2.04. The van der Waals surface area contributed by atoms with Crippen LogP contribution in [0.5, 0.6) is 11.8 Å². The number of ether oxygens (including phenoxy) is 2. The van der Waals surface area contributed by atoms with Crippen LogP contribution in [0, 0.1) is 3.57 Å². The summed E-state index contributed by atoms with van der Waals surface area (Å²) >= 11 is 2.19. The van der Waals surface area contributed by atoms with Gasteiger partial charge in [-0.25, -0.2) is 4.79 Å². The van der Waals surface area contributed by atoms with Crippen LogP contribution in [0.4, 0.5) is 0 Å². The molecule has 0 atom stereocenters. The number of carbonyl (C=O) groups excluding carboxylic acids is 1. The molecular formula is C12H10INO4. The first-order chi connectivity index (χ1) is 8.69. The van der Waals surface area contributed by atoms with Crippen molar-refractivity contribution in [1.29, 1.82) is 0 Å². The summed E-state index contributed by atoms with van der Waals surface area (Å²) < 4.78 is 16.3. The van der Waals surface area contributed by atoms with Gasteiger partial charge in [-0.1, -0.05) is 0 Å². The first kappa shape index (κ1) is 12.9. The maximum absolute atomic E-state index is 11.4. The van der Waals surface area contributed by atoms with E-state index in [0.29, 0.717) is 12.4 Å². The number of carbonyl (C=O) groups is 1. The lowest BCUT2D eigenvalue weighted by atomic mass is 10.3. The van der Waals surface area contributed by atoms with Gasteiger partial charge < -0.3 is 13.9 Å². The van der Waals surface area contributed by atoms with Crippen molar-refractivity contribution in [3.05, 3.63) is 39.8 Å². The van der Waals surface area contributed by atoms with Crippen LogP contribution in [0.2, 0.25) is 0 Å². The molecule has 2 aromatic rings. The number of benzene rings is 1. The molecule has 18 heavy (non-hydrogen) atoms. The molecule has 5 nitrogen and oxygen atoms in total. The Labute approximate surface area is 117 Å². The molecule has 0 spiro atoms. The molecule has 1 aromatic carbocycles. The Morgan fingerprint density at radius 1 is 1.39 bits per heavy atom. The van der Waals surface area contributed by atoms with E-state index in [2.05, 4.69) is 27.6 Å². The highest BCUT2D eigenvalue weighted by atomic mass is 127. The highest BCUT2D eigenvalue weighted by Crippen LogP contribution is 2.21. The van der Waals surface area contributed by atoms with Gasteiger partial charge in [0.1, 0.15) is 12.0 Å². The first-order valence-corrected chi connectivity index (χ1v) is 6.33. The summed E-state index contributed by atoms with van der Waals surface area (Å²) in [4.78, 5) is 15.2. The average Bonchev–Trinajstić information content (AvgIpc) is 2.81. The zero-order valence-corrected chi connectivity index (χ0v) is 11.7. The average molecular weight is 359 g/mol. The Balaban J connectivity index is 2.06. The van der Waals surface area contributed by atoms with Crippen molar-refractivity contribution < 1.29 is 18.7 Å². The minimum absolute atomic E-state index is 0.0132. The summed E-state index contributed by atoms with van der Waals surface area (Å²) in [6.45, 7) is 2.01. The number of aromatic nitrogens is 1. The molecule has 1 heterocycles. The van der Waals surface area contributed by atoms with Crippen LogP contribution in [0.3, 0.4) is 0 Å². The van der Waals surface area contributed by atoms with Gasteiger partial charge in [-0.2, -0.15) is 4.98 Å². The molecule has 0 bridgehead atoms. The molecule has 0 unspecified atom stereocenters. The maximum Gasteiger partial charge on any atom is 0.399 e. The van der Waals surface area contributed by atoms with Crippen molar-refractivity contribution in [3.8, 4) is 11.8 Å². The minimum Gasteiger partial charge on any atom is -0.461 e. The van der Waals surface area contributed by atoms with Gasteiger partial charge in [-0.15, -0.1) is 0 Å². The van der Waals surface area contributed by atoms with Crippen molar-refractivity contribution in [2.24, 2.45) is 0 Å². The zero-order chi connectivity index (χ0) is 13.0. The normalized spacial score (nSPS) is 10.1. The molecule has 0 aliphatic heterocycles. The quantitative estimate of drug-likeness (QED) is 0.620. The number of halogens is 1. The molecule has 0 N–H and O–H groups in total. The maximum atomic E-state index is 11.4. The van der Waals surface area contributed by atoms with Crippen LogP contribution in [0.1, 0.15) is 17.4 Å². The molecule has 0 aliphatic rings. The molecule has 0 fully saturated rings. The van der Waals surface area contributed by atoms with E-state index in [1.54, 1.807) is 19.1 Å². The highest BCUT2D eigenvalue weighted by Gasteiger charge is 2.14. The van der Waals surface area contributed by atoms with E-state index in [0.717, 1.165) is 3.57 Å². The Kier molecular flexibility index (Phi) is 4.19. The summed E-state index contributed by atoms with van der Waals surface area (Å²) in [5.74, 6) is 0.0615. The monoisotopic (exact) mass is 359 g/mol. The van der Waals surface area contributed by atoms with Crippen molar-refractivity contribution >= 4 is 28.6 Å². The number of rotatable bonds is 4. The highest BCUT2D eigenvalue weighted by molar-refractivity contribution is 14.1. The topological polar surface area (TPSA) is 61.6 Å². The summed E-state index contributed by atoms with van der Waals surface area (Å²) in [6, 6.07) is 7.36. The molecule has 1 aromatic heterocycles. The van der Waals surface area contributed by atoms with Crippen molar-refractivity contribution in [1.82, 2.24) is 4.98 Å². The van der Waals surface area contributed by atoms with Gasteiger partial charge in [-0.05, 0) is 53.8 Å². The van der Waals surface area contributed by atoms with Crippen LogP contribution >= 0.6 is 22.6 Å². The third kappa shape index (κ3) is 3.22. The summed E-state index contributed by atoms with van der Waals surface area (Å²) in [7, 11) is 0. The van der Waals surface area contributed by atoms with Gasteiger partial charge in [0.25, 0.3) is 0 Å². The third-order valence-electron chi connectivity index (χ3n) is 1.99. The van der Waals surface area contributed by atoms with E-state index < -0.39 is 5.97 Å². The SMILES string of the molecule is CCOC(=O)c1coc(Oc2ccc(I)cc2)n1. The van der Waals surface area contributed by atoms with E-state index in [1.165, 1.54) is 6.26 Å². The number of hydrogen-bond acceptors (Lipinski definition) is 5. The predicted octanol–water partition coefficient (Wildman–Crippen LogP) is 3.25. The minimum atomic E-state index is -0.529. The van der Waals surface area contributed by atoms with Crippen LogP contribution in [-0.4, -0.2) is 17.6 Å². The number of oxazole rings is 1. The third-order valence-corrected chi connectivity index (χ3v) is 2.71. The fourth-order valence-corrected chi connectivity index (χ4v) is 1.57. The lowest BCUT2D eigenvalue weighted by Gasteiger charge is -1.99. The largest absolute Gasteiger partial charge is 0.461 e. The van der Waals surface area contributed by atoms with Crippen LogP contribution < -0.4 is 4.74 Å². The molecule has 6 heteroatoms. The van der Waals surface area contributed by atoms with Gasteiger partial charge in [-0.3, -0.25) is 0 Å². The second-order valence-electron chi connectivity index (χ2n) is 3.28. The van der Waals surface area contributed by atoms with Gasteiger partial charge >= 0.3 is 12.0 Å². The van der Waals surface area contributed by atoms with Crippen molar-refractivity contribution in [3.63, 3.8) is 0 Å². The summed E-state index contributed by atoms with van der Waals surface area (Å²) in [5, 5.41) is 0. The van der Waals surface area contributed by atoms with E-state index in [9.17, 15) is 4.79 Å². The first-order valence-electron chi connectivity index (χ1n) is 5.25. The fourth-order valence-electron chi connectivity index (χ4n) is 1.21. The van der Waals surface area contributed by atoms with Gasteiger partial charge in [0.05, 0.1) is 6.61 Å². The molecule has 0 aliphatic carbocycles. The molecular weight excluding hydrogens is 349 g/mol. The Morgan fingerprint density at radius 2 is 2.11 bits per heavy atom. The Bertz CT molecular complexity index is 535. The van der Waals surface area contributed by atoms with Crippen LogP contribution in [0.15, 0.2) is 34.9 Å². The van der Waals surface area contributed by atoms with Crippen LogP contribution in [0.25, 0.3) is 0 Å². The van der Waals surface area contributed by atoms with Crippen molar-refractivity contribution in [2.45, 2.75) is 6.92 Å². The second-order valence-corrected chi connectivity index (χ2v) is 4.52. The van der Waals surface area contributed by atoms with E-state index in [-0.39, 0.29) is 11.8 Å². The van der Waals surface area contributed by atoms with Crippen LogP contribution in [-0.2, 0) is 4.74 Å². The Morgan fingerprint density at radius 3 is 2.78 bits per heavy atom. The second kappa shape index (κ2) is 5.85. The van der Waals surface area contributed by atoms with E-state index >= 15 is 0 Å². The van der Waals surface area contributed by atoms with E-state index in [1.807, 2.05) is 12.1 Å². The fraction of sp³-hybridized carbons (Fsp3) is 0.167. The van der Waals surface area contributed by atoms with Gasteiger partial charge in [0.15, 0.2) is 5.69 Å². The summed E-state index contributed by atoms with van der Waals surface area (Å²) in [6.07, 6.45) is 1.22. The Hall–Kier alpha value is -1.57. The van der Waals surface area contributed by atoms with Gasteiger partial charge in [0.2, 0.25) is 0 Å². The lowest BCUT2D eigenvalue weighted by molar-refractivity contribution is 0.0519. The van der Waals surface area contributed by atoms with E-state index in [4.69, 9.17) is 13.9 Å². The van der Waals surface area contributed by atoms with Gasteiger partial charge in [0, 0.05) is 3.57 Å². The number of nitrogens with zero attached hydrogens (tertiary/aromatic N) is 1. The predicted molar refractivity (Wildman–Crippen MR) is 71.7 cm³/mol. The number of hydrogen-bond donors (Lipinski definition) is 0. The zero-order valence-electron chi connectivity index (χ0n) is 9.55. The van der Waals surface area contributed by atoms with Crippen molar-refractivity contribution in [2.75, 3.05) is 6.61 Å². The molecule has 0 amide bonds.